The number of guanidine groups is 1. The molecule has 0 atom stereocenters. The van der Waals surface area contributed by atoms with Crippen LogP contribution in [0.5, 0.6) is 11.5 Å². The number of halogens is 2. The lowest BCUT2D eigenvalue weighted by atomic mass is 10.2. The lowest BCUT2D eigenvalue weighted by molar-refractivity contribution is -0.114. The van der Waals surface area contributed by atoms with Gasteiger partial charge in [0, 0.05) is 31.3 Å². The third-order valence-corrected chi connectivity index (χ3v) is 4.02. The smallest absolute Gasteiger partial charge is 0.387 e. The third kappa shape index (κ3) is 8.12. The monoisotopic (exact) mass is 434 g/mol. The predicted molar refractivity (Wildman–Crippen MR) is 117 cm³/mol. The Morgan fingerprint density at radius 2 is 1.90 bits per heavy atom. The number of benzene rings is 2. The summed E-state index contributed by atoms with van der Waals surface area (Å²) in [5.41, 5.74) is 2.12. The third-order valence-electron chi connectivity index (χ3n) is 4.02. The number of alkyl halides is 2. The molecule has 0 aliphatic carbocycles. The first-order valence-corrected chi connectivity index (χ1v) is 10.0. The zero-order valence-corrected chi connectivity index (χ0v) is 17.9. The van der Waals surface area contributed by atoms with E-state index in [0.29, 0.717) is 36.9 Å². The van der Waals surface area contributed by atoms with E-state index in [1.807, 2.05) is 25.1 Å². The van der Waals surface area contributed by atoms with Crippen molar-refractivity contribution in [3.05, 3.63) is 53.6 Å². The molecule has 0 saturated carbocycles. The van der Waals surface area contributed by atoms with Gasteiger partial charge in [-0.15, -0.1) is 0 Å². The summed E-state index contributed by atoms with van der Waals surface area (Å²) < 4.78 is 35.9. The van der Waals surface area contributed by atoms with Gasteiger partial charge >= 0.3 is 6.61 Å². The van der Waals surface area contributed by atoms with Crippen molar-refractivity contribution in [2.45, 2.75) is 40.5 Å². The number of aliphatic imine (C=N–C) groups is 1. The summed E-state index contributed by atoms with van der Waals surface area (Å²) in [5, 5.41) is 8.98. The Morgan fingerprint density at radius 3 is 2.58 bits per heavy atom. The maximum Gasteiger partial charge on any atom is 0.387 e. The Kier molecular flexibility index (Phi) is 9.54. The lowest BCUT2D eigenvalue weighted by Crippen LogP contribution is -2.36. The number of hydrogen-bond donors (Lipinski definition) is 3. The summed E-state index contributed by atoms with van der Waals surface area (Å²) in [6.07, 6.45) is 0. The first kappa shape index (κ1) is 23.9. The quantitative estimate of drug-likeness (QED) is 0.390. The van der Waals surface area contributed by atoms with E-state index in [2.05, 4.69) is 20.9 Å². The van der Waals surface area contributed by atoms with Crippen LogP contribution in [-0.2, 0) is 17.9 Å². The molecule has 2 aromatic rings. The highest BCUT2D eigenvalue weighted by atomic mass is 19.3. The lowest BCUT2D eigenvalue weighted by Gasteiger charge is -2.17. The van der Waals surface area contributed by atoms with Gasteiger partial charge in [-0.1, -0.05) is 24.3 Å². The van der Waals surface area contributed by atoms with Gasteiger partial charge in [0.2, 0.25) is 5.91 Å². The van der Waals surface area contributed by atoms with E-state index in [1.165, 1.54) is 6.92 Å². The largest absolute Gasteiger partial charge is 0.490 e. The maximum absolute atomic E-state index is 12.9. The van der Waals surface area contributed by atoms with Gasteiger partial charge < -0.3 is 25.4 Å². The number of nitrogens with one attached hydrogen (secondary N) is 3. The average molecular weight is 434 g/mol. The minimum atomic E-state index is -2.96. The van der Waals surface area contributed by atoms with E-state index in [1.54, 1.807) is 31.2 Å². The minimum Gasteiger partial charge on any atom is -0.490 e. The van der Waals surface area contributed by atoms with E-state index in [9.17, 15) is 13.6 Å². The molecule has 0 aliphatic rings. The highest BCUT2D eigenvalue weighted by molar-refractivity contribution is 5.88. The van der Waals surface area contributed by atoms with Gasteiger partial charge in [-0.25, -0.2) is 4.99 Å². The fourth-order valence-electron chi connectivity index (χ4n) is 2.83. The molecule has 7 nitrogen and oxygen atoms in total. The Bertz CT molecular complexity index is 891. The van der Waals surface area contributed by atoms with Gasteiger partial charge in [0.05, 0.1) is 13.2 Å². The van der Waals surface area contributed by atoms with E-state index in [-0.39, 0.29) is 24.0 Å². The summed E-state index contributed by atoms with van der Waals surface area (Å²) in [4.78, 5) is 15.8. The molecule has 0 bridgehead atoms. The molecule has 0 aromatic heterocycles. The van der Waals surface area contributed by atoms with E-state index < -0.39 is 6.61 Å². The van der Waals surface area contributed by atoms with Gasteiger partial charge in [0.25, 0.3) is 0 Å². The van der Waals surface area contributed by atoms with E-state index in [0.717, 1.165) is 5.56 Å². The van der Waals surface area contributed by atoms with Crippen molar-refractivity contribution in [3.8, 4) is 11.5 Å². The van der Waals surface area contributed by atoms with Crippen LogP contribution in [0.15, 0.2) is 47.5 Å². The second-order valence-electron chi connectivity index (χ2n) is 6.49. The minimum absolute atomic E-state index is 0.00528. The van der Waals surface area contributed by atoms with Crippen LogP contribution < -0.4 is 25.4 Å². The van der Waals surface area contributed by atoms with Gasteiger partial charge in [0.1, 0.15) is 0 Å². The first-order valence-electron chi connectivity index (χ1n) is 10.0. The van der Waals surface area contributed by atoms with Crippen molar-refractivity contribution < 1.29 is 23.0 Å². The van der Waals surface area contributed by atoms with Crippen LogP contribution in [0.1, 0.15) is 31.9 Å². The Labute approximate surface area is 180 Å². The molecule has 31 heavy (non-hydrogen) atoms. The van der Waals surface area contributed by atoms with Crippen molar-refractivity contribution in [2.75, 3.05) is 18.5 Å². The maximum atomic E-state index is 12.9. The number of amides is 1. The molecular formula is C22H28F2N4O3. The molecule has 0 aliphatic heterocycles. The number of anilines is 1. The van der Waals surface area contributed by atoms with Crippen LogP contribution in [0.2, 0.25) is 0 Å². The molecule has 3 N–H and O–H groups in total. The number of carbonyl (C=O) groups is 1. The molecule has 168 valence electrons. The van der Waals surface area contributed by atoms with Crippen LogP contribution in [0.4, 0.5) is 14.5 Å². The van der Waals surface area contributed by atoms with Gasteiger partial charge in [-0.05, 0) is 37.6 Å². The molecule has 0 heterocycles. The molecule has 2 rings (SSSR count). The predicted octanol–water partition coefficient (Wildman–Crippen LogP) is 3.90. The Morgan fingerprint density at radius 1 is 1.13 bits per heavy atom. The zero-order chi connectivity index (χ0) is 22.6. The number of para-hydroxylation sites is 1. The SMILES string of the molecule is CCNC(=NCc1cccc(NC(C)=O)c1)NCc1cccc(OCC)c1OC(F)F. The van der Waals surface area contributed by atoms with Gasteiger partial charge in [0.15, 0.2) is 17.5 Å². The highest BCUT2D eigenvalue weighted by Gasteiger charge is 2.16. The van der Waals surface area contributed by atoms with Crippen LogP contribution in [0, 0.1) is 0 Å². The van der Waals surface area contributed by atoms with Crippen LogP contribution >= 0.6 is 0 Å². The second kappa shape index (κ2) is 12.4. The summed E-state index contributed by atoms with van der Waals surface area (Å²) in [6.45, 7) is 3.71. The van der Waals surface area contributed by atoms with Crippen molar-refractivity contribution in [1.29, 1.82) is 0 Å². The normalized spacial score (nSPS) is 11.2. The number of ether oxygens (including phenoxy) is 2. The number of carbonyl (C=O) groups excluding carboxylic acids is 1. The molecule has 0 fully saturated rings. The van der Waals surface area contributed by atoms with Crippen molar-refractivity contribution in [3.63, 3.8) is 0 Å². The molecule has 1 amide bonds. The molecule has 0 saturated heterocycles. The summed E-state index contributed by atoms with van der Waals surface area (Å²) in [6, 6.07) is 12.4. The van der Waals surface area contributed by atoms with Gasteiger partial charge in [-0.2, -0.15) is 8.78 Å². The Balaban J connectivity index is 2.13. The number of hydrogen-bond acceptors (Lipinski definition) is 4. The van der Waals surface area contributed by atoms with Gasteiger partial charge in [-0.3, -0.25) is 4.79 Å². The van der Waals surface area contributed by atoms with Crippen LogP contribution in [0.3, 0.4) is 0 Å². The van der Waals surface area contributed by atoms with Crippen LogP contribution in [0.25, 0.3) is 0 Å². The fraction of sp³-hybridized carbons (Fsp3) is 0.364. The molecule has 2 aromatic carbocycles. The van der Waals surface area contributed by atoms with E-state index >= 15 is 0 Å². The summed E-state index contributed by atoms with van der Waals surface area (Å²) in [7, 11) is 0. The van der Waals surface area contributed by atoms with Crippen LogP contribution in [-0.4, -0.2) is 31.6 Å². The average Bonchev–Trinajstić information content (AvgIpc) is 2.71. The molecular weight excluding hydrogens is 406 g/mol. The zero-order valence-electron chi connectivity index (χ0n) is 17.9. The highest BCUT2D eigenvalue weighted by Crippen LogP contribution is 2.32. The van der Waals surface area contributed by atoms with E-state index in [4.69, 9.17) is 9.47 Å². The summed E-state index contributed by atoms with van der Waals surface area (Å²) >= 11 is 0. The topological polar surface area (TPSA) is 84.0 Å². The molecule has 0 radical (unpaired) electrons. The summed E-state index contributed by atoms with van der Waals surface area (Å²) in [5.74, 6) is 0.633. The van der Waals surface area contributed by atoms with Crippen molar-refractivity contribution >= 4 is 17.6 Å². The number of nitrogens with zero attached hydrogens (tertiary/aromatic N) is 1. The fourth-order valence-corrected chi connectivity index (χ4v) is 2.83. The van der Waals surface area contributed by atoms with Crippen molar-refractivity contribution in [1.82, 2.24) is 10.6 Å². The number of rotatable bonds is 10. The molecule has 9 heteroatoms. The van der Waals surface area contributed by atoms with Crippen molar-refractivity contribution in [2.24, 2.45) is 4.99 Å². The Hall–Kier alpha value is -3.36. The molecule has 0 unspecified atom stereocenters. The molecule has 0 spiro atoms. The first-order chi connectivity index (χ1) is 14.9. The standard InChI is InChI=1S/C22H28F2N4O3/c1-4-25-22(26-13-16-8-6-10-18(12-16)28-15(3)29)27-14-17-9-7-11-19(30-5-2)20(17)31-21(23)24/h6-12,21H,4-5,13-14H2,1-3H3,(H,28,29)(H2,25,26,27). The second-order valence-corrected chi connectivity index (χ2v) is 6.49.